The predicted molar refractivity (Wildman–Crippen MR) is 82.1 cm³/mol. The quantitative estimate of drug-likeness (QED) is 0.904. The van der Waals surface area contributed by atoms with Crippen molar-refractivity contribution in [3.8, 4) is 0 Å². The number of thioether (sulfide) groups is 1. The average molecular weight is 304 g/mol. The summed E-state index contributed by atoms with van der Waals surface area (Å²) >= 11 is 1.25. The van der Waals surface area contributed by atoms with Crippen molar-refractivity contribution in [3.63, 3.8) is 0 Å². The van der Waals surface area contributed by atoms with Crippen molar-refractivity contribution < 1.29 is 9.59 Å². The van der Waals surface area contributed by atoms with E-state index in [0.717, 1.165) is 16.8 Å². The molecule has 2 heterocycles. The number of nitrogens with one attached hydrogen (secondary N) is 2. The number of benzene rings is 1. The molecule has 7 heteroatoms. The maximum atomic E-state index is 12.0. The SMILES string of the molecule is C[C@@H](NC(=O)CN1CCSC1=O)c1nc2ccccc2[nH]1. The third kappa shape index (κ3) is 3.02. The molecule has 6 nitrogen and oxygen atoms in total. The zero-order valence-electron chi connectivity index (χ0n) is 11.6. The van der Waals surface area contributed by atoms with Crippen molar-refractivity contribution in [1.29, 1.82) is 0 Å². The van der Waals surface area contributed by atoms with Crippen LogP contribution in [0.2, 0.25) is 0 Å². The molecule has 3 rings (SSSR count). The second-order valence-corrected chi connectivity index (χ2v) is 6.01. The van der Waals surface area contributed by atoms with Gasteiger partial charge in [0.25, 0.3) is 5.24 Å². The van der Waals surface area contributed by atoms with Crippen LogP contribution in [0.3, 0.4) is 0 Å². The number of carbonyl (C=O) groups excluding carboxylic acids is 2. The minimum atomic E-state index is -0.227. The van der Waals surface area contributed by atoms with E-state index in [1.54, 1.807) is 4.90 Å². The highest BCUT2D eigenvalue weighted by Gasteiger charge is 2.24. The number of rotatable bonds is 4. The first-order valence-corrected chi connectivity index (χ1v) is 7.78. The fourth-order valence-electron chi connectivity index (χ4n) is 2.28. The summed E-state index contributed by atoms with van der Waals surface area (Å²) in [6.07, 6.45) is 0. The number of hydrogen-bond donors (Lipinski definition) is 2. The van der Waals surface area contributed by atoms with Gasteiger partial charge in [-0.15, -0.1) is 0 Å². The number of amides is 2. The van der Waals surface area contributed by atoms with Gasteiger partial charge in [0.05, 0.1) is 17.1 Å². The fourth-order valence-corrected chi connectivity index (χ4v) is 3.10. The summed E-state index contributed by atoms with van der Waals surface area (Å²) in [7, 11) is 0. The lowest BCUT2D eigenvalue weighted by molar-refractivity contribution is -0.122. The van der Waals surface area contributed by atoms with E-state index in [9.17, 15) is 9.59 Å². The fraction of sp³-hybridized carbons (Fsp3) is 0.357. The zero-order chi connectivity index (χ0) is 14.8. The standard InChI is InChI=1S/C14H16N4O2S/c1-9(13-16-10-4-2-3-5-11(10)17-13)15-12(19)8-18-6-7-21-14(18)20/h2-5,9H,6-8H2,1H3,(H,15,19)(H,16,17)/t9-/m1/s1. The topological polar surface area (TPSA) is 78.1 Å². The molecular formula is C14H16N4O2S. The van der Waals surface area contributed by atoms with Gasteiger partial charge < -0.3 is 15.2 Å². The largest absolute Gasteiger partial charge is 0.345 e. The van der Waals surface area contributed by atoms with Crippen LogP contribution in [-0.4, -0.2) is 44.9 Å². The molecule has 21 heavy (non-hydrogen) atoms. The molecule has 1 aliphatic rings. The van der Waals surface area contributed by atoms with Gasteiger partial charge in [0, 0.05) is 12.3 Å². The van der Waals surface area contributed by atoms with Crippen LogP contribution >= 0.6 is 11.8 Å². The molecular weight excluding hydrogens is 288 g/mol. The Labute approximate surface area is 126 Å². The van der Waals surface area contributed by atoms with Crippen LogP contribution in [0.15, 0.2) is 24.3 Å². The highest BCUT2D eigenvalue weighted by atomic mass is 32.2. The van der Waals surface area contributed by atoms with Crippen molar-refractivity contribution in [3.05, 3.63) is 30.1 Å². The number of carbonyl (C=O) groups is 2. The molecule has 2 amide bonds. The van der Waals surface area contributed by atoms with E-state index in [4.69, 9.17) is 0 Å². The lowest BCUT2D eigenvalue weighted by Crippen LogP contribution is -2.38. The van der Waals surface area contributed by atoms with Gasteiger partial charge in [-0.05, 0) is 19.1 Å². The summed E-state index contributed by atoms with van der Waals surface area (Å²) in [6, 6.07) is 7.50. The molecule has 0 unspecified atom stereocenters. The minimum Gasteiger partial charge on any atom is -0.345 e. The Morgan fingerprint density at radius 2 is 2.33 bits per heavy atom. The van der Waals surface area contributed by atoms with Crippen LogP contribution in [0.5, 0.6) is 0 Å². The van der Waals surface area contributed by atoms with Gasteiger partial charge in [0.15, 0.2) is 0 Å². The van der Waals surface area contributed by atoms with Crippen molar-refractivity contribution in [2.45, 2.75) is 13.0 Å². The molecule has 1 fully saturated rings. The first-order chi connectivity index (χ1) is 10.1. The summed E-state index contributed by atoms with van der Waals surface area (Å²) in [5, 5.41) is 2.84. The molecule has 0 bridgehead atoms. The van der Waals surface area contributed by atoms with Crippen molar-refractivity contribution in [2.24, 2.45) is 0 Å². The van der Waals surface area contributed by atoms with E-state index >= 15 is 0 Å². The first kappa shape index (κ1) is 13.9. The molecule has 1 aliphatic heterocycles. The number of para-hydroxylation sites is 2. The van der Waals surface area contributed by atoms with E-state index in [-0.39, 0.29) is 23.7 Å². The highest BCUT2D eigenvalue weighted by Crippen LogP contribution is 2.17. The van der Waals surface area contributed by atoms with Gasteiger partial charge in [-0.2, -0.15) is 0 Å². The Balaban J connectivity index is 1.63. The Bertz CT molecular complexity index is 651. The first-order valence-electron chi connectivity index (χ1n) is 6.79. The van der Waals surface area contributed by atoms with Crippen molar-refractivity contribution in [2.75, 3.05) is 18.8 Å². The summed E-state index contributed by atoms with van der Waals surface area (Å²) in [5.41, 5.74) is 1.82. The monoisotopic (exact) mass is 304 g/mol. The number of hydrogen-bond acceptors (Lipinski definition) is 4. The maximum absolute atomic E-state index is 12.0. The summed E-state index contributed by atoms with van der Waals surface area (Å²) in [6.45, 7) is 2.61. The molecule has 1 aromatic carbocycles. The lowest BCUT2D eigenvalue weighted by Gasteiger charge is -2.16. The van der Waals surface area contributed by atoms with Crippen LogP contribution in [0.25, 0.3) is 11.0 Å². The van der Waals surface area contributed by atoms with Gasteiger partial charge in [-0.1, -0.05) is 23.9 Å². The molecule has 0 saturated carbocycles. The van der Waals surface area contributed by atoms with Crippen LogP contribution in [-0.2, 0) is 4.79 Å². The molecule has 1 aromatic heterocycles. The molecule has 2 N–H and O–H groups in total. The third-order valence-corrected chi connectivity index (χ3v) is 4.27. The van der Waals surface area contributed by atoms with E-state index in [0.29, 0.717) is 12.4 Å². The number of aromatic amines is 1. The molecule has 110 valence electrons. The normalized spacial score (nSPS) is 16.4. The second-order valence-electron chi connectivity index (χ2n) is 4.96. The van der Waals surface area contributed by atoms with E-state index in [1.165, 1.54) is 11.8 Å². The van der Waals surface area contributed by atoms with Crippen LogP contribution in [0, 0.1) is 0 Å². The second kappa shape index (κ2) is 5.77. The number of imidazole rings is 1. The van der Waals surface area contributed by atoms with Gasteiger partial charge >= 0.3 is 0 Å². The van der Waals surface area contributed by atoms with Gasteiger partial charge in [0.2, 0.25) is 5.91 Å². The number of H-pyrrole nitrogens is 1. The Morgan fingerprint density at radius 1 is 1.52 bits per heavy atom. The van der Waals surface area contributed by atoms with Crippen LogP contribution < -0.4 is 5.32 Å². The van der Waals surface area contributed by atoms with Gasteiger partial charge in [-0.3, -0.25) is 9.59 Å². The maximum Gasteiger partial charge on any atom is 0.282 e. The van der Waals surface area contributed by atoms with Crippen LogP contribution in [0.1, 0.15) is 18.8 Å². The molecule has 0 radical (unpaired) electrons. The number of fused-ring (bicyclic) bond motifs is 1. The molecule has 0 aliphatic carbocycles. The summed E-state index contributed by atoms with van der Waals surface area (Å²) in [5.74, 6) is 1.30. The third-order valence-electron chi connectivity index (χ3n) is 3.37. The van der Waals surface area contributed by atoms with E-state index < -0.39 is 0 Å². The summed E-state index contributed by atoms with van der Waals surface area (Å²) < 4.78 is 0. The Hall–Kier alpha value is -2.02. The predicted octanol–water partition coefficient (Wildman–Crippen LogP) is 1.91. The van der Waals surface area contributed by atoms with Gasteiger partial charge in [-0.25, -0.2) is 4.98 Å². The molecule has 0 spiro atoms. The number of nitrogens with zero attached hydrogens (tertiary/aromatic N) is 2. The highest BCUT2D eigenvalue weighted by molar-refractivity contribution is 8.13. The smallest absolute Gasteiger partial charge is 0.282 e. The Morgan fingerprint density at radius 3 is 3.05 bits per heavy atom. The average Bonchev–Trinajstić information content (AvgIpc) is 3.05. The zero-order valence-corrected chi connectivity index (χ0v) is 12.4. The van der Waals surface area contributed by atoms with E-state index in [2.05, 4.69) is 15.3 Å². The van der Waals surface area contributed by atoms with Crippen molar-refractivity contribution in [1.82, 2.24) is 20.2 Å². The molecule has 2 aromatic rings. The van der Waals surface area contributed by atoms with E-state index in [1.807, 2.05) is 31.2 Å². The molecule has 1 saturated heterocycles. The Kier molecular flexibility index (Phi) is 3.83. The lowest BCUT2D eigenvalue weighted by atomic mass is 10.3. The molecule has 1 atom stereocenters. The van der Waals surface area contributed by atoms with Gasteiger partial charge in [0.1, 0.15) is 12.4 Å². The summed E-state index contributed by atoms with van der Waals surface area (Å²) in [4.78, 5) is 32.7. The number of aromatic nitrogens is 2. The minimum absolute atomic E-state index is 0.0264. The van der Waals surface area contributed by atoms with Crippen LogP contribution in [0.4, 0.5) is 4.79 Å². The van der Waals surface area contributed by atoms with Crippen molar-refractivity contribution >= 4 is 33.9 Å².